The molecule has 2 aromatic carbocycles. The van der Waals surface area contributed by atoms with Gasteiger partial charge in [0.05, 0.1) is 17.9 Å². The fraction of sp³-hybridized carbons (Fsp3) is 0.182. The fourth-order valence-electron chi connectivity index (χ4n) is 3.62. The van der Waals surface area contributed by atoms with Crippen LogP contribution in [0.5, 0.6) is 0 Å². The Morgan fingerprint density at radius 3 is 2.68 bits per heavy atom. The number of benzene rings is 2. The molecule has 1 aliphatic rings. The van der Waals surface area contributed by atoms with E-state index in [2.05, 4.69) is 15.4 Å². The second-order valence-electron chi connectivity index (χ2n) is 7.42. The summed E-state index contributed by atoms with van der Waals surface area (Å²) in [5, 5.41) is 8.90. The molecule has 3 heterocycles. The number of halogens is 1. The zero-order valence-corrected chi connectivity index (χ0v) is 18.2. The molecule has 5 rings (SSSR count). The number of fused-ring (bicyclic) bond motifs is 2. The molecule has 0 radical (unpaired) electrons. The van der Waals surface area contributed by atoms with E-state index >= 15 is 0 Å². The molecule has 4 aromatic rings. The molecule has 1 N–H and O–H groups in total. The lowest BCUT2D eigenvalue weighted by Gasteiger charge is -2.13. The number of carbonyl (C=O) groups is 1. The van der Waals surface area contributed by atoms with E-state index in [1.54, 1.807) is 21.4 Å². The van der Waals surface area contributed by atoms with Crippen LogP contribution < -0.4 is 10.9 Å². The molecule has 0 saturated heterocycles. The van der Waals surface area contributed by atoms with E-state index in [1.165, 1.54) is 18.0 Å². The Hall–Kier alpha value is -3.10. The summed E-state index contributed by atoms with van der Waals surface area (Å²) in [5.41, 5.74) is 2.95. The third-order valence-electron chi connectivity index (χ3n) is 5.20. The second kappa shape index (κ2) is 7.86. The lowest BCUT2D eigenvalue weighted by Crippen LogP contribution is -2.27. The number of thioether (sulfide) groups is 1. The Labute approximate surface area is 187 Å². The Bertz CT molecular complexity index is 1350. The summed E-state index contributed by atoms with van der Waals surface area (Å²) in [4.78, 5) is 30.5. The highest BCUT2D eigenvalue weighted by Crippen LogP contribution is 2.33. The van der Waals surface area contributed by atoms with Crippen molar-refractivity contribution in [3.63, 3.8) is 0 Å². The first-order valence-electron chi connectivity index (χ1n) is 9.75. The third kappa shape index (κ3) is 3.73. The van der Waals surface area contributed by atoms with Crippen LogP contribution in [-0.4, -0.2) is 31.0 Å². The van der Waals surface area contributed by atoms with Crippen LogP contribution >= 0.6 is 23.4 Å². The van der Waals surface area contributed by atoms with Gasteiger partial charge in [0.25, 0.3) is 5.56 Å². The Morgan fingerprint density at radius 1 is 1.19 bits per heavy atom. The number of rotatable bonds is 4. The van der Waals surface area contributed by atoms with Crippen LogP contribution in [0.2, 0.25) is 5.02 Å². The van der Waals surface area contributed by atoms with E-state index in [4.69, 9.17) is 11.6 Å². The minimum absolute atomic E-state index is 0.133. The number of anilines is 1. The molecule has 0 fully saturated rings. The number of nitrogens with zero attached hydrogens (tertiary/aromatic N) is 4. The first-order valence-corrected chi connectivity index (χ1v) is 11.1. The standard InChI is InChI=1S/C22H18ClN5O2S/c1-13-2-6-15(7-3-13)25-19(29)10-17-12-31-22-26-20-18(21(30)27(17)22)11-24-28(20)16-8-4-14(23)5-9-16/h2-9,11,17H,10,12H2,1H3,(H,25,29). The number of carbonyl (C=O) groups excluding carboxylic acids is 1. The van der Waals surface area contributed by atoms with E-state index < -0.39 is 0 Å². The molecule has 9 heteroatoms. The maximum absolute atomic E-state index is 13.2. The number of aryl methyl sites for hydroxylation is 1. The minimum Gasteiger partial charge on any atom is -0.326 e. The van der Waals surface area contributed by atoms with Crippen LogP contribution in [-0.2, 0) is 4.79 Å². The molecule has 1 aliphatic heterocycles. The SMILES string of the molecule is Cc1ccc(NC(=O)CC2CSc3nc4c(cnn4-c4ccc(Cl)cc4)c(=O)n32)cc1. The lowest BCUT2D eigenvalue weighted by atomic mass is 10.2. The van der Waals surface area contributed by atoms with Crippen molar-refractivity contribution in [2.24, 2.45) is 0 Å². The maximum atomic E-state index is 13.2. The zero-order chi connectivity index (χ0) is 21.5. The summed E-state index contributed by atoms with van der Waals surface area (Å²) in [6, 6.07) is 14.6. The number of hydrogen-bond donors (Lipinski definition) is 1. The normalized spacial score (nSPS) is 15.2. The van der Waals surface area contributed by atoms with Crippen molar-refractivity contribution in [3.8, 4) is 5.69 Å². The molecule has 0 bridgehead atoms. The van der Waals surface area contributed by atoms with Crippen molar-refractivity contribution in [1.29, 1.82) is 0 Å². The predicted molar refractivity (Wildman–Crippen MR) is 122 cm³/mol. The van der Waals surface area contributed by atoms with Crippen molar-refractivity contribution in [3.05, 3.63) is 75.7 Å². The second-order valence-corrected chi connectivity index (χ2v) is 8.85. The molecule has 1 amide bonds. The summed E-state index contributed by atoms with van der Waals surface area (Å²) in [7, 11) is 0. The molecule has 0 saturated carbocycles. The van der Waals surface area contributed by atoms with Crippen LogP contribution in [0, 0.1) is 6.92 Å². The predicted octanol–water partition coefficient (Wildman–Crippen LogP) is 4.22. The summed E-state index contributed by atoms with van der Waals surface area (Å²) >= 11 is 7.45. The number of hydrogen-bond acceptors (Lipinski definition) is 5. The number of nitrogens with one attached hydrogen (secondary N) is 1. The van der Waals surface area contributed by atoms with E-state index in [0.717, 1.165) is 16.9 Å². The van der Waals surface area contributed by atoms with Gasteiger partial charge in [-0.3, -0.25) is 14.2 Å². The fourth-order valence-corrected chi connectivity index (χ4v) is 4.87. The van der Waals surface area contributed by atoms with Gasteiger partial charge in [-0.2, -0.15) is 5.10 Å². The average Bonchev–Trinajstić information content (AvgIpc) is 3.35. The molecule has 1 atom stereocenters. The Kier molecular flexibility index (Phi) is 5.03. The molecule has 2 aromatic heterocycles. The van der Waals surface area contributed by atoms with Gasteiger partial charge in [-0.1, -0.05) is 41.1 Å². The van der Waals surface area contributed by atoms with Crippen LogP contribution in [0.25, 0.3) is 16.7 Å². The molecule has 1 unspecified atom stereocenters. The summed E-state index contributed by atoms with van der Waals surface area (Å²) in [6.07, 6.45) is 1.73. The molecule has 0 aliphatic carbocycles. The molecule has 0 spiro atoms. The molecule has 156 valence electrons. The lowest BCUT2D eigenvalue weighted by molar-refractivity contribution is -0.116. The van der Waals surface area contributed by atoms with Crippen molar-refractivity contribution in [2.45, 2.75) is 24.5 Å². The summed E-state index contributed by atoms with van der Waals surface area (Å²) in [6.45, 7) is 1.99. The van der Waals surface area contributed by atoms with E-state index in [1.807, 2.05) is 43.3 Å². The van der Waals surface area contributed by atoms with Crippen molar-refractivity contribution in [2.75, 3.05) is 11.1 Å². The van der Waals surface area contributed by atoms with Gasteiger partial charge in [0.1, 0.15) is 5.39 Å². The van der Waals surface area contributed by atoms with Gasteiger partial charge in [0.2, 0.25) is 5.91 Å². The van der Waals surface area contributed by atoms with Gasteiger partial charge in [0, 0.05) is 22.9 Å². The highest BCUT2D eigenvalue weighted by Gasteiger charge is 2.29. The number of amides is 1. The number of aromatic nitrogens is 4. The quantitative estimate of drug-likeness (QED) is 0.470. The summed E-state index contributed by atoms with van der Waals surface area (Å²) < 4.78 is 3.25. The van der Waals surface area contributed by atoms with Gasteiger partial charge >= 0.3 is 0 Å². The molecular formula is C22H18ClN5O2S. The van der Waals surface area contributed by atoms with E-state index in [0.29, 0.717) is 27.0 Å². The minimum atomic E-state index is -0.256. The van der Waals surface area contributed by atoms with Crippen LogP contribution in [0.15, 0.2) is 64.7 Å². The molecule has 31 heavy (non-hydrogen) atoms. The molecule has 7 nitrogen and oxygen atoms in total. The largest absolute Gasteiger partial charge is 0.326 e. The highest BCUT2D eigenvalue weighted by atomic mass is 35.5. The first kappa shape index (κ1) is 19.8. The summed E-state index contributed by atoms with van der Waals surface area (Å²) in [5.74, 6) is 0.482. The monoisotopic (exact) mass is 451 g/mol. The topological polar surface area (TPSA) is 81.8 Å². The average molecular weight is 452 g/mol. The van der Waals surface area contributed by atoms with E-state index in [-0.39, 0.29) is 23.9 Å². The first-order chi connectivity index (χ1) is 15.0. The Morgan fingerprint density at radius 2 is 1.94 bits per heavy atom. The van der Waals surface area contributed by atoms with Crippen LogP contribution in [0.3, 0.4) is 0 Å². The van der Waals surface area contributed by atoms with Gasteiger partial charge in [-0.15, -0.1) is 0 Å². The van der Waals surface area contributed by atoms with Crippen LogP contribution in [0.4, 0.5) is 5.69 Å². The van der Waals surface area contributed by atoms with Gasteiger partial charge < -0.3 is 5.32 Å². The van der Waals surface area contributed by atoms with Gasteiger partial charge in [-0.25, -0.2) is 9.67 Å². The smallest absolute Gasteiger partial charge is 0.265 e. The Balaban J connectivity index is 1.44. The van der Waals surface area contributed by atoms with Gasteiger partial charge in [-0.05, 0) is 43.3 Å². The van der Waals surface area contributed by atoms with Crippen LogP contribution in [0.1, 0.15) is 18.0 Å². The maximum Gasteiger partial charge on any atom is 0.265 e. The highest BCUT2D eigenvalue weighted by molar-refractivity contribution is 7.99. The van der Waals surface area contributed by atoms with Crippen molar-refractivity contribution in [1.82, 2.24) is 19.3 Å². The van der Waals surface area contributed by atoms with Gasteiger partial charge in [0.15, 0.2) is 10.8 Å². The molecular weight excluding hydrogens is 434 g/mol. The van der Waals surface area contributed by atoms with Crippen molar-refractivity contribution < 1.29 is 4.79 Å². The van der Waals surface area contributed by atoms with Crippen molar-refractivity contribution >= 4 is 46.0 Å². The van der Waals surface area contributed by atoms with E-state index in [9.17, 15) is 9.59 Å². The third-order valence-corrected chi connectivity index (χ3v) is 6.55. The zero-order valence-electron chi connectivity index (χ0n) is 16.6.